The zero-order valence-corrected chi connectivity index (χ0v) is 6.31. The van der Waals surface area contributed by atoms with Crippen LogP contribution in [0.25, 0.3) is 0 Å². The van der Waals surface area contributed by atoms with Crippen LogP contribution in [-0.4, -0.2) is 11.7 Å². The number of alkyl halides is 1. The van der Waals surface area contributed by atoms with E-state index >= 15 is 0 Å². The molecule has 1 saturated heterocycles. The van der Waals surface area contributed by atoms with E-state index in [-0.39, 0.29) is 5.20 Å². The van der Waals surface area contributed by atoms with Gasteiger partial charge < -0.3 is 0 Å². The van der Waals surface area contributed by atoms with E-state index < -0.39 is 6.48 Å². The third-order valence-corrected chi connectivity index (χ3v) is 1.25. The van der Waals surface area contributed by atoms with Gasteiger partial charge in [0, 0.05) is 0 Å². The average molecular weight is 234 g/mol. The van der Waals surface area contributed by atoms with Gasteiger partial charge in [0.1, 0.15) is 16.3 Å². The quantitative estimate of drug-likeness (QED) is 0.640. The monoisotopic (exact) mass is 232 g/mol. The van der Waals surface area contributed by atoms with Crippen molar-refractivity contribution in [2.24, 2.45) is 0 Å². The zero-order valence-electron chi connectivity index (χ0n) is 3.14. The first-order chi connectivity index (χ1) is 3.33. The predicted octanol–water partition coefficient (Wildman–Crippen LogP) is 1.32. The SMILES string of the molecule is BrOC1OC(Br)O1. The van der Waals surface area contributed by atoms with Crippen molar-refractivity contribution in [3.63, 3.8) is 0 Å². The van der Waals surface area contributed by atoms with Crippen LogP contribution in [0.3, 0.4) is 0 Å². The molecular formula is C2H2Br2O3. The topological polar surface area (TPSA) is 27.7 Å². The van der Waals surface area contributed by atoms with Crippen LogP contribution in [0, 0.1) is 0 Å². The Labute approximate surface area is 57.5 Å². The molecule has 0 unspecified atom stereocenters. The summed E-state index contributed by atoms with van der Waals surface area (Å²) in [5.41, 5.74) is 0. The van der Waals surface area contributed by atoms with Crippen molar-refractivity contribution in [3.8, 4) is 0 Å². The molecule has 1 fully saturated rings. The Morgan fingerprint density at radius 2 is 2.00 bits per heavy atom. The summed E-state index contributed by atoms with van der Waals surface area (Å²) in [5.74, 6) is 0. The fourth-order valence-electron chi connectivity index (χ4n) is 0.227. The second-order valence-corrected chi connectivity index (χ2v) is 2.05. The molecule has 42 valence electrons. The average Bonchev–Trinajstić information content (AvgIpc) is 1.58. The van der Waals surface area contributed by atoms with Gasteiger partial charge in [-0.2, -0.15) is 0 Å². The van der Waals surface area contributed by atoms with E-state index in [1.807, 2.05) is 0 Å². The fourth-order valence-corrected chi connectivity index (χ4v) is 0.756. The van der Waals surface area contributed by atoms with E-state index in [0.717, 1.165) is 0 Å². The minimum absolute atomic E-state index is 0.296. The van der Waals surface area contributed by atoms with E-state index in [1.165, 1.54) is 0 Å². The van der Waals surface area contributed by atoms with Crippen LogP contribution in [0.4, 0.5) is 0 Å². The van der Waals surface area contributed by atoms with Crippen LogP contribution >= 0.6 is 32.2 Å². The number of halogens is 2. The van der Waals surface area contributed by atoms with E-state index in [1.54, 1.807) is 0 Å². The van der Waals surface area contributed by atoms with Gasteiger partial charge in [-0.05, 0) is 15.9 Å². The Morgan fingerprint density at radius 3 is 2.14 bits per heavy atom. The summed E-state index contributed by atoms with van der Waals surface area (Å²) >= 11 is 5.68. The normalized spacial score (nSPS) is 40.3. The van der Waals surface area contributed by atoms with Crippen LogP contribution in [0.1, 0.15) is 0 Å². The molecule has 5 heteroatoms. The number of ether oxygens (including phenoxy) is 2. The highest BCUT2D eigenvalue weighted by atomic mass is 79.9. The molecule has 0 aromatic rings. The van der Waals surface area contributed by atoms with E-state index in [4.69, 9.17) is 9.47 Å². The highest BCUT2D eigenvalue weighted by molar-refractivity contribution is 9.09. The number of hydrogen-bond acceptors (Lipinski definition) is 3. The summed E-state index contributed by atoms with van der Waals surface area (Å²) in [5, 5.41) is -0.296. The van der Waals surface area contributed by atoms with Gasteiger partial charge in [-0.3, -0.25) is 9.47 Å². The third-order valence-electron chi connectivity index (χ3n) is 0.509. The summed E-state index contributed by atoms with van der Waals surface area (Å²) in [6, 6.07) is 0. The molecule has 0 atom stereocenters. The van der Waals surface area contributed by atoms with Crippen molar-refractivity contribution < 1.29 is 13.3 Å². The molecule has 0 spiro atoms. The summed E-state index contributed by atoms with van der Waals surface area (Å²) in [7, 11) is 0. The maximum absolute atomic E-state index is 4.71. The van der Waals surface area contributed by atoms with Crippen molar-refractivity contribution in [1.29, 1.82) is 0 Å². The molecule has 0 amide bonds. The summed E-state index contributed by atoms with van der Waals surface area (Å²) < 4.78 is 13.8. The van der Waals surface area contributed by atoms with Gasteiger partial charge in [0.2, 0.25) is 5.20 Å². The lowest BCUT2D eigenvalue weighted by Crippen LogP contribution is -2.36. The molecule has 1 rings (SSSR count). The van der Waals surface area contributed by atoms with Crippen molar-refractivity contribution in [2.45, 2.75) is 11.7 Å². The minimum atomic E-state index is -0.538. The second kappa shape index (κ2) is 2.41. The minimum Gasteiger partial charge on any atom is -0.289 e. The van der Waals surface area contributed by atoms with Crippen LogP contribution in [0.15, 0.2) is 0 Å². The van der Waals surface area contributed by atoms with Gasteiger partial charge in [0.15, 0.2) is 0 Å². The molecule has 0 N–H and O–H groups in total. The Bertz CT molecular complexity index is 62.0. The lowest BCUT2D eigenvalue weighted by Gasteiger charge is -2.28. The molecule has 1 aliphatic heterocycles. The first kappa shape index (κ1) is 5.97. The molecule has 0 aliphatic carbocycles. The second-order valence-electron chi connectivity index (χ2n) is 0.924. The first-order valence-corrected chi connectivity index (χ1v) is 3.11. The van der Waals surface area contributed by atoms with Crippen LogP contribution in [0.2, 0.25) is 0 Å². The molecule has 7 heavy (non-hydrogen) atoms. The van der Waals surface area contributed by atoms with Crippen LogP contribution in [0.5, 0.6) is 0 Å². The van der Waals surface area contributed by atoms with Gasteiger partial charge in [-0.25, -0.2) is 3.83 Å². The smallest absolute Gasteiger partial charge is 0.288 e. The molecule has 1 aliphatic rings. The molecule has 3 nitrogen and oxygen atoms in total. The highest BCUT2D eigenvalue weighted by Crippen LogP contribution is 2.23. The summed E-state index contributed by atoms with van der Waals surface area (Å²) in [6.07, 6.45) is 0. The van der Waals surface area contributed by atoms with Gasteiger partial charge >= 0.3 is 0 Å². The van der Waals surface area contributed by atoms with E-state index in [0.29, 0.717) is 0 Å². The zero-order chi connectivity index (χ0) is 5.28. The first-order valence-electron chi connectivity index (χ1n) is 1.55. The number of hydrogen-bond donors (Lipinski definition) is 0. The standard InChI is InChI=1S/C2H2Br2O3/c3-1-5-2(6-1)7-4/h1-2H. The molecule has 0 radical (unpaired) electrons. The summed E-state index contributed by atoms with van der Waals surface area (Å²) in [4.78, 5) is 0. The predicted molar refractivity (Wildman–Crippen MR) is 28.7 cm³/mol. The van der Waals surface area contributed by atoms with Crippen LogP contribution < -0.4 is 0 Å². The van der Waals surface area contributed by atoms with Gasteiger partial charge in [0.25, 0.3) is 6.48 Å². The van der Waals surface area contributed by atoms with Crippen molar-refractivity contribution in [3.05, 3.63) is 0 Å². The number of rotatable bonds is 1. The third kappa shape index (κ3) is 1.36. The maximum Gasteiger partial charge on any atom is 0.288 e. The Hall–Kier alpha value is 0.840. The molecule has 0 bridgehead atoms. The Kier molecular flexibility index (Phi) is 2.05. The Morgan fingerprint density at radius 1 is 1.43 bits per heavy atom. The molecule has 0 aromatic heterocycles. The van der Waals surface area contributed by atoms with E-state index in [2.05, 4.69) is 36.0 Å². The molecular weight excluding hydrogens is 232 g/mol. The highest BCUT2D eigenvalue weighted by Gasteiger charge is 2.28. The van der Waals surface area contributed by atoms with Gasteiger partial charge in [-0.15, -0.1) is 0 Å². The van der Waals surface area contributed by atoms with Gasteiger partial charge in [0.05, 0.1) is 0 Å². The Balaban J connectivity index is 2.06. The molecule has 0 aromatic carbocycles. The summed E-state index contributed by atoms with van der Waals surface area (Å²) in [6.45, 7) is -0.538. The van der Waals surface area contributed by atoms with Gasteiger partial charge in [-0.1, -0.05) is 0 Å². The largest absolute Gasteiger partial charge is 0.289 e. The van der Waals surface area contributed by atoms with E-state index in [9.17, 15) is 0 Å². The van der Waals surface area contributed by atoms with Crippen molar-refractivity contribution in [1.82, 2.24) is 0 Å². The lowest BCUT2D eigenvalue weighted by molar-refractivity contribution is -0.403. The molecule has 1 heterocycles. The maximum atomic E-state index is 4.71. The molecule has 0 saturated carbocycles. The van der Waals surface area contributed by atoms with Crippen LogP contribution in [-0.2, 0) is 13.3 Å². The fraction of sp³-hybridized carbons (Fsp3) is 1.00. The lowest BCUT2D eigenvalue weighted by atomic mass is 11.1. The van der Waals surface area contributed by atoms with Crippen molar-refractivity contribution >= 4 is 32.2 Å². The van der Waals surface area contributed by atoms with Crippen molar-refractivity contribution in [2.75, 3.05) is 0 Å².